The van der Waals surface area contributed by atoms with Crippen LogP contribution in [0.4, 0.5) is 35.5 Å². The van der Waals surface area contributed by atoms with Crippen LogP contribution in [-0.2, 0) is 6.18 Å². The first-order valence-electron chi connectivity index (χ1n) is 7.98. The Morgan fingerprint density at radius 1 is 1.04 bits per heavy atom. The standard InChI is InChI=1S/C16H12F7N3OS/c1-7-6-26(15(28-7)24-14(27)25-4-2-3-5-25)13-11(19)9(17)8(16(21,22)23)10(18)12(13)20/h6H,2-5H2,1H3/b24-15-. The average molecular weight is 427 g/mol. The second-order valence-electron chi connectivity index (χ2n) is 6.06. The van der Waals surface area contributed by atoms with E-state index in [4.69, 9.17) is 0 Å². The molecule has 1 aliphatic rings. The minimum Gasteiger partial charge on any atom is -0.323 e. The van der Waals surface area contributed by atoms with Gasteiger partial charge in [0.25, 0.3) is 0 Å². The van der Waals surface area contributed by atoms with Crippen molar-refractivity contribution in [2.24, 2.45) is 4.99 Å². The Hall–Kier alpha value is -2.37. The van der Waals surface area contributed by atoms with Crippen molar-refractivity contribution in [2.45, 2.75) is 25.9 Å². The van der Waals surface area contributed by atoms with Gasteiger partial charge in [0.2, 0.25) is 0 Å². The van der Waals surface area contributed by atoms with Crippen LogP contribution < -0.4 is 4.80 Å². The normalized spacial score (nSPS) is 15.6. The Kier molecular flexibility index (Phi) is 5.26. The number of hydrogen-bond acceptors (Lipinski definition) is 2. The summed E-state index contributed by atoms with van der Waals surface area (Å²) < 4.78 is 95.2. The van der Waals surface area contributed by atoms with Crippen LogP contribution in [0, 0.1) is 30.2 Å². The number of carbonyl (C=O) groups excluding carboxylic acids is 1. The minimum absolute atomic E-state index is 0.328. The number of thiazole rings is 1. The summed E-state index contributed by atoms with van der Waals surface area (Å²) >= 11 is 0.784. The molecule has 28 heavy (non-hydrogen) atoms. The lowest BCUT2D eigenvalue weighted by molar-refractivity contribution is -0.143. The van der Waals surface area contributed by atoms with Gasteiger partial charge in [0.15, 0.2) is 28.1 Å². The third kappa shape index (κ3) is 3.52. The molecule has 152 valence electrons. The average Bonchev–Trinajstić information content (AvgIpc) is 3.23. The smallest absolute Gasteiger partial charge is 0.323 e. The highest BCUT2D eigenvalue weighted by atomic mass is 32.1. The maximum Gasteiger partial charge on any atom is 0.422 e. The molecule has 2 amide bonds. The van der Waals surface area contributed by atoms with Crippen molar-refractivity contribution in [1.82, 2.24) is 9.47 Å². The molecule has 3 rings (SSSR count). The van der Waals surface area contributed by atoms with Crippen molar-refractivity contribution in [1.29, 1.82) is 0 Å². The van der Waals surface area contributed by atoms with Crippen LogP contribution in [-0.4, -0.2) is 28.6 Å². The Balaban J connectivity index is 2.22. The quantitative estimate of drug-likeness (QED) is 0.487. The Bertz CT molecular complexity index is 974. The number of halogens is 7. The van der Waals surface area contributed by atoms with Gasteiger partial charge in [-0.2, -0.15) is 18.2 Å². The zero-order chi connectivity index (χ0) is 20.8. The number of urea groups is 1. The highest BCUT2D eigenvalue weighted by molar-refractivity contribution is 7.09. The summed E-state index contributed by atoms with van der Waals surface area (Å²) in [6.45, 7) is 2.32. The fraction of sp³-hybridized carbons (Fsp3) is 0.375. The first-order chi connectivity index (χ1) is 13.0. The van der Waals surface area contributed by atoms with Gasteiger partial charge in [-0.3, -0.25) is 4.57 Å². The van der Waals surface area contributed by atoms with E-state index in [-0.39, 0.29) is 4.80 Å². The van der Waals surface area contributed by atoms with E-state index in [0.29, 0.717) is 22.5 Å². The number of benzene rings is 1. The summed E-state index contributed by atoms with van der Waals surface area (Å²) in [6, 6.07) is -0.721. The Morgan fingerprint density at radius 3 is 2.07 bits per heavy atom. The molecule has 0 saturated carbocycles. The summed E-state index contributed by atoms with van der Waals surface area (Å²) in [5.74, 6) is -9.62. The summed E-state index contributed by atoms with van der Waals surface area (Å²) in [4.78, 5) is 17.3. The van der Waals surface area contributed by atoms with Crippen LogP contribution >= 0.6 is 11.3 Å². The molecule has 2 heterocycles. The van der Waals surface area contributed by atoms with E-state index in [1.54, 1.807) is 0 Å². The molecule has 1 aliphatic heterocycles. The third-order valence-electron chi connectivity index (χ3n) is 4.10. The zero-order valence-electron chi connectivity index (χ0n) is 14.2. The molecule has 0 spiro atoms. The van der Waals surface area contributed by atoms with Gasteiger partial charge in [0.1, 0.15) is 11.3 Å². The molecule has 12 heteroatoms. The summed E-state index contributed by atoms with van der Waals surface area (Å²) in [6.07, 6.45) is -3.11. The van der Waals surface area contributed by atoms with Gasteiger partial charge in [-0.1, -0.05) is 0 Å². The predicted molar refractivity (Wildman–Crippen MR) is 85.0 cm³/mol. The molecule has 1 aromatic heterocycles. The number of nitrogens with zero attached hydrogens (tertiary/aromatic N) is 3. The fourth-order valence-corrected chi connectivity index (χ4v) is 3.65. The molecule has 0 radical (unpaired) electrons. The first kappa shape index (κ1) is 20.4. The van der Waals surface area contributed by atoms with E-state index < -0.39 is 46.7 Å². The van der Waals surface area contributed by atoms with Crippen LogP contribution in [0.3, 0.4) is 0 Å². The molecular weight excluding hydrogens is 415 g/mol. The molecule has 0 bridgehead atoms. The van der Waals surface area contributed by atoms with Crippen molar-refractivity contribution in [3.63, 3.8) is 0 Å². The molecule has 1 fully saturated rings. The second kappa shape index (κ2) is 7.22. The summed E-state index contributed by atoms with van der Waals surface area (Å²) in [5.41, 5.74) is -4.08. The van der Waals surface area contributed by atoms with Gasteiger partial charge < -0.3 is 4.90 Å². The van der Waals surface area contributed by atoms with Crippen molar-refractivity contribution in [3.8, 4) is 5.69 Å². The number of rotatable bonds is 1. The van der Waals surface area contributed by atoms with E-state index >= 15 is 0 Å². The van der Waals surface area contributed by atoms with E-state index in [2.05, 4.69) is 4.99 Å². The van der Waals surface area contributed by atoms with Crippen LogP contribution in [0.5, 0.6) is 0 Å². The highest BCUT2D eigenvalue weighted by Crippen LogP contribution is 2.37. The number of likely N-dealkylation sites (tertiary alicyclic amines) is 1. The molecule has 0 unspecified atom stereocenters. The number of hydrogen-bond donors (Lipinski definition) is 0. The largest absolute Gasteiger partial charge is 0.422 e. The highest BCUT2D eigenvalue weighted by Gasteiger charge is 2.42. The number of aromatic nitrogens is 1. The summed E-state index contributed by atoms with van der Waals surface area (Å²) in [7, 11) is 0. The second-order valence-corrected chi connectivity index (χ2v) is 7.27. The summed E-state index contributed by atoms with van der Waals surface area (Å²) in [5, 5.41) is 0. The zero-order valence-corrected chi connectivity index (χ0v) is 15.0. The van der Waals surface area contributed by atoms with Gasteiger partial charge >= 0.3 is 12.2 Å². The monoisotopic (exact) mass is 427 g/mol. The lowest BCUT2D eigenvalue weighted by Gasteiger charge is -2.15. The fourth-order valence-electron chi connectivity index (χ4n) is 2.83. The van der Waals surface area contributed by atoms with E-state index in [9.17, 15) is 35.5 Å². The number of aryl methyl sites for hydroxylation is 1. The SMILES string of the molecule is Cc1cn(-c2c(F)c(F)c(C(F)(F)F)c(F)c2F)/c(=N/C(=O)N2CCCC2)s1. The minimum atomic E-state index is -5.64. The van der Waals surface area contributed by atoms with Gasteiger partial charge in [-0.05, 0) is 19.8 Å². The Labute approximate surface area is 157 Å². The van der Waals surface area contributed by atoms with Crippen molar-refractivity contribution in [2.75, 3.05) is 13.1 Å². The molecule has 4 nitrogen and oxygen atoms in total. The van der Waals surface area contributed by atoms with Gasteiger partial charge in [0.05, 0.1) is 0 Å². The van der Waals surface area contributed by atoms with Crippen molar-refractivity contribution in [3.05, 3.63) is 44.7 Å². The Morgan fingerprint density at radius 2 is 1.57 bits per heavy atom. The molecular formula is C16H12F7N3OS. The van der Waals surface area contributed by atoms with Gasteiger partial charge in [-0.25, -0.2) is 22.4 Å². The topological polar surface area (TPSA) is 37.6 Å². The van der Waals surface area contributed by atoms with E-state index in [0.717, 1.165) is 30.4 Å². The third-order valence-corrected chi connectivity index (χ3v) is 5.00. The van der Waals surface area contributed by atoms with Crippen LogP contribution in [0.2, 0.25) is 0 Å². The van der Waals surface area contributed by atoms with Gasteiger partial charge in [0, 0.05) is 24.2 Å². The number of amides is 2. The molecule has 2 aromatic rings. The lowest BCUT2D eigenvalue weighted by Crippen LogP contribution is -2.28. The molecule has 0 atom stereocenters. The maximum atomic E-state index is 14.3. The molecule has 0 N–H and O–H groups in total. The number of alkyl halides is 3. The van der Waals surface area contributed by atoms with Gasteiger partial charge in [-0.15, -0.1) is 11.3 Å². The molecule has 1 saturated heterocycles. The van der Waals surface area contributed by atoms with Crippen molar-refractivity contribution >= 4 is 17.4 Å². The first-order valence-corrected chi connectivity index (χ1v) is 8.80. The molecule has 1 aromatic carbocycles. The van der Waals surface area contributed by atoms with Crippen LogP contribution in [0.15, 0.2) is 11.2 Å². The molecule has 0 aliphatic carbocycles. The predicted octanol–water partition coefficient (Wildman–Crippen LogP) is 4.54. The van der Waals surface area contributed by atoms with Crippen LogP contribution in [0.25, 0.3) is 5.69 Å². The lowest BCUT2D eigenvalue weighted by atomic mass is 10.1. The van der Waals surface area contributed by atoms with E-state index in [1.807, 2.05) is 0 Å². The van der Waals surface area contributed by atoms with Crippen LogP contribution in [0.1, 0.15) is 23.3 Å². The maximum absolute atomic E-state index is 14.3. The van der Waals surface area contributed by atoms with Crippen molar-refractivity contribution < 1.29 is 35.5 Å². The van der Waals surface area contributed by atoms with E-state index in [1.165, 1.54) is 11.8 Å². The number of carbonyl (C=O) groups is 1.